The van der Waals surface area contributed by atoms with Crippen LogP contribution in [0.1, 0.15) is 11.1 Å². The normalized spacial score (nSPS) is 15.1. The van der Waals surface area contributed by atoms with Crippen molar-refractivity contribution >= 4 is 23.2 Å². The number of halogens is 1. The number of ether oxygens (including phenoxy) is 1. The molecule has 1 heterocycles. The van der Waals surface area contributed by atoms with Crippen molar-refractivity contribution in [3.63, 3.8) is 0 Å². The van der Waals surface area contributed by atoms with Crippen molar-refractivity contribution in [1.82, 2.24) is 0 Å². The third-order valence-corrected chi connectivity index (χ3v) is 3.21. The molecule has 3 rings (SSSR count). The van der Waals surface area contributed by atoms with Crippen LogP contribution in [0.2, 0.25) is 0 Å². The van der Waals surface area contributed by atoms with Crippen LogP contribution >= 0.6 is 0 Å². The van der Waals surface area contributed by atoms with Crippen LogP contribution in [0.5, 0.6) is 5.75 Å². The fourth-order valence-corrected chi connectivity index (χ4v) is 2.19. The zero-order chi connectivity index (χ0) is 14.1. The summed E-state index contributed by atoms with van der Waals surface area (Å²) in [5.74, 6) is 0.0717. The van der Waals surface area contributed by atoms with Gasteiger partial charge in [-0.3, -0.25) is 4.79 Å². The van der Waals surface area contributed by atoms with Crippen LogP contribution < -0.4 is 10.1 Å². The van der Waals surface area contributed by atoms with Crippen molar-refractivity contribution in [2.75, 3.05) is 12.4 Å². The van der Waals surface area contributed by atoms with Gasteiger partial charge in [-0.2, -0.15) is 0 Å². The van der Waals surface area contributed by atoms with Crippen molar-refractivity contribution in [1.29, 1.82) is 0 Å². The minimum Gasteiger partial charge on any atom is -0.497 e. The van der Waals surface area contributed by atoms with Gasteiger partial charge >= 0.3 is 0 Å². The summed E-state index contributed by atoms with van der Waals surface area (Å²) in [5, 5.41) is 2.75. The number of hydrogen-bond acceptors (Lipinski definition) is 2. The van der Waals surface area contributed by atoms with E-state index < -0.39 is 0 Å². The van der Waals surface area contributed by atoms with Crippen LogP contribution in [0.15, 0.2) is 42.5 Å². The molecule has 1 aliphatic heterocycles. The maximum absolute atomic E-state index is 13.7. The number of rotatable bonds is 2. The summed E-state index contributed by atoms with van der Waals surface area (Å²) >= 11 is 0. The number of nitrogens with one attached hydrogen (secondary N) is 1. The fraction of sp³-hybridized carbons (Fsp3) is 0.0625. The Kier molecular flexibility index (Phi) is 2.99. The smallest absolute Gasteiger partial charge is 0.256 e. The molecule has 2 aromatic carbocycles. The largest absolute Gasteiger partial charge is 0.497 e. The molecule has 0 aliphatic carbocycles. The van der Waals surface area contributed by atoms with Gasteiger partial charge in [0.25, 0.3) is 5.91 Å². The molecule has 0 saturated carbocycles. The lowest BCUT2D eigenvalue weighted by molar-refractivity contribution is -0.110. The van der Waals surface area contributed by atoms with Crippen molar-refractivity contribution in [2.45, 2.75) is 0 Å². The first kappa shape index (κ1) is 12.4. The number of anilines is 1. The van der Waals surface area contributed by atoms with E-state index in [4.69, 9.17) is 4.74 Å². The first-order valence-electron chi connectivity index (χ1n) is 6.15. The third kappa shape index (κ3) is 2.05. The number of hydrogen-bond donors (Lipinski definition) is 1. The summed E-state index contributed by atoms with van der Waals surface area (Å²) in [6, 6.07) is 11.7. The van der Waals surface area contributed by atoms with Crippen molar-refractivity contribution in [3.05, 3.63) is 59.4 Å². The lowest BCUT2D eigenvalue weighted by Gasteiger charge is -2.03. The molecule has 0 bridgehead atoms. The van der Waals surface area contributed by atoms with Crippen molar-refractivity contribution in [3.8, 4) is 5.75 Å². The topological polar surface area (TPSA) is 38.3 Å². The van der Waals surface area contributed by atoms with E-state index in [0.29, 0.717) is 22.6 Å². The highest BCUT2D eigenvalue weighted by atomic mass is 19.1. The molecule has 4 heteroatoms. The molecule has 100 valence electrons. The Bertz CT molecular complexity index is 722. The zero-order valence-electron chi connectivity index (χ0n) is 10.8. The molecule has 1 N–H and O–H groups in total. The Balaban J connectivity index is 2.09. The lowest BCUT2D eigenvalue weighted by atomic mass is 10.0. The van der Waals surface area contributed by atoms with E-state index in [9.17, 15) is 9.18 Å². The number of carbonyl (C=O) groups is 1. The SMILES string of the molecule is COc1ccc2c(c1)NC(=O)C2=Cc1ccccc1F. The van der Waals surface area contributed by atoms with E-state index in [1.165, 1.54) is 6.07 Å². The molecule has 0 spiro atoms. The Morgan fingerprint density at radius 1 is 1.20 bits per heavy atom. The maximum atomic E-state index is 13.7. The van der Waals surface area contributed by atoms with Gasteiger partial charge in [0.2, 0.25) is 0 Å². The average Bonchev–Trinajstić information content (AvgIpc) is 2.76. The standard InChI is InChI=1S/C16H12FNO2/c1-20-11-6-7-12-13(16(19)18-15(12)9-11)8-10-4-2-3-5-14(10)17/h2-9H,1H3,(H,18,19). The third-order valence-electron chi connectivity index (χ3n) is 3.21. The first-order valence-corrected chi connectivity index (χ1v) is 6.15. The van der Waals surface area contributed by atoms with Crippen molar-refractivity contribution in [2.24, 2.45) is 0 Å². The van der Waals surface area contributed by atoms with Gasteiger partial charge in [-0.25, -0.2) is 4.39 Å². The van der Waals surface area contributed by atoms with Gasteiger partial charge in [-0.15, -0.1) is 0 Å². The van der Waals surface area contributed by atoms with Crippen LogP contribution in [0.25, 0.3) is 11.6 Å². The van der Waals surface area contributed by atoms with E-state index in [1.807, 2.05) is 0 Å². The van der Waals surface area contributed by atoms with Gasteiger partial charge in [0.1, 0.15) is 11.6 Å². The second-order valence-corrected chi connectivity index (χ2v) is 4.45. The number of benzene rings is 2. The molecule has 0 aromatic heterocycles. The highest BCUT2D eigenvalue weighted by molar-refractivity contribution is 6.35. The van der Waals surface area contributed by atoms with E-state index in [1.54, 1.807) is 49.6 Å². The van der Waals surface area contributed by atoms with Crippen LogP contribution in [-0.2, 0) is 4.79 Å². The van der Waals surface area contributed by atoms with E-state index >= 15 is 0 Å². The molecule has 0 fully saturated rings. The summed E-state index contributed by atoms with van der Waals surface area (Å²) < 4.78 is 18.8. The summed E-state index contributed by atoms with van der Waals surface area (Å²) in [6.07, 6.45) is 1.56. The fourth-order valence-electron chi connectivity index (χ4n) is 2.19. The van der Waals surface area contributed by atoms with Gasteiger partial charge in [0, 0.05) is 22.8 Å². The van der Waals surface area contributed by atoms with Gasteiger partial charge in [-0.1, -0.05) is 18.2 Å². The number of methoxy groups -OCH3 is 1. The summed E-state index contributed by atoms with van der Waals surface area (Å²) in [4.78, 5) is 12.0. The van der Waals surface area contributed by atoms with Gasteiger partial charge in [-0.05, 0) is 24.3 Å². The quantitative estimate of drug-likeness (QED) is 0.849. The molecule has 2 aromatic rings. The molecule has 1 amide bonds. The minimum atomic E-state index is -0.352. The monoisotopic (exact) mass is 269 g/mol. The summed E-state index contributed by atoms with van der Waals surface area (Å²) in [5.41, 5.74) is 2.27. The predicted molar refractivity (Wildman–Crippen MR) is 75.9 cm³/mol. The minimum absolute atomic E-state index is 0.239. The molecule has 0 radical (unpaired) electrons. The number of carbonyl (C=O) groups excluding carboxylic acids is 1. The average molecular weight is 269 g/mol. The summed E-state index contributed by atoms with van der Waals surface area (Å²) in [6.45, 7) is 0. The van der Waals surface area contributed by atoms with Gasteiger partial charge < -0.3 is 10.1 Å². The molecule has 0 atom stereocenters. The molecule has 0 saturated heterocycles. The zero-order valence-corrected chi connectivity index (χ0v) is 10.8. The van der Waals surface area contributed by atoms with Crippen LogP contribution in [0, 0.1) is 5.82 Å². The molecular weight excluding hydrogens is 257 g/mol. The highest BCUT2D eigenvalue weighted by Gasteiger charge is 2.24. The maximum Gasteiger partial charge on any atom is 0.256 e. The first-order chi connectivity index (χ1) is 9.69. The second-order valence-electron chi connectivity index (χ2n) is 4.45. The number of amides is 1. The highest BCUT2D eigenvalue weighted by Crippen LogP contribution is 2.35. The molecule has 0 unspecified atom stereocenters. The molecule has 3 nitrogen and oxygen atoms in total. The van der Waals surface area contributed by atoms with Crippen LogP contribution in [-0.4, -0.2) is 13.0 Å². The Labute approximate surface area is 115 Å². The van der Waals surface area contributed by atoms with Gasteiger partial charge in [0.15, 0.2) is 0 Å². The summed E-state index contributed by atoms with van der Waals surface area (Å²) in [7, 11) is 1.56. The molecular formula is C16H12FNO2. The Morgan fingerprint density at radius 3 is 2.75 bits per heavy atom. The van der Waals surface area contributed by atoms with Gasteiger partial charge in [0.05, 0.1) is 12.8 Å². The number of fused-ring (bicyclic) bond motifs is 1. The van der Waals surface area contributed by atoms with E-state index in [2.05, 4.69) is 5.32 Å². The van der Waals surface area contributed by atoms with Crippen molar-refractivity contribution < 1.29 is 13.9 Å². The van der Waals surface area contributed by atoms with Crippen LogP contribution in [0.4, 0.5) is 10.1 Å². The van der Waals surface area contributed by atoms with Crippen LogP contribution in [0.3, 0.4) is 0 Å². The van der Waals surface area contributed by atoms with E-state index in [0.717, 1.165) is 5.56 Å². The Morgan fingerprint density at radius 2 is 2.00 bits per heavy atom. The molecule has 20 heavy (non-hydrogen) atoms. The predicted octanol–water partition coefficient (Wildman–Crippen LogP) is 3.33. The second kappa shape index (κ2) is 4.81. The Hall–Kier alpha value is -2.62. The van der Waals surface area contributed by atoms with E-state index in [-0.39, 0.29) is 11.7 Å². The lowest BCUT2D eigenvalue weighted by Crippen LogP contribution is -2.03. The molecule has 1 aliphatic rings.